The number of nitrogens with zero attached hydrogens (tertiary/aromatic N) is 1. The molecule has 0 radical (unpaired) electrons. The summed E-state index contributed by atoms with van der Waals surface area (Å²) < 4.78 is 5.13. The Morgan fingerprint density at radius 3 is 2.61 bits per heavy atom. The van der Waals surface area contributed by atoms with Crippen LogP contribution in [0, 0.1) is 0 Å². The lowest BCUT2D eigenvalue weighted by Gasteiger charge is -2.27. The first-order chi connectivity index (χ1) is 8.88. The van der Waals surface area contributed by atoms with Crippen LogP contribution in [0.3, 0.4) is 0 Å². The Bertz CT molecular complexity index is 348. The van der Waals surface area contributed by atoms with Crippen LogP contribution in [0.5, 0.6) is 0 Å². The molecule has 0 amide bonds. The normalized spacial score (nSPS) is 16.9. The van der Waals surface area contributed by atoms with E-state index in [0.717, 1.165) is 32.5 Å². The van der Waals surface area contributed by atoms with Crippen LogP contribution in [-0.2, 0) is 17.6 Å². The Morgan fingerprint density at radius 2 is 1.89 bits per heavy atom. The first kappa shape index (κ1) is 13.5. The summed E-state index contributed by atoms with van der Waals surface area (Å²) in [6.45, 7) is 6.62. The molecule has 1 heterocycles. The zero-order valence-electron chi connectivity index (χ0n) is 11.3. The number of nitrogens with one attached hydrogen (secondary N) is 1. The van der Waals surface area contributed by atoms with E-state index >= 15 is 0 Å². The SMILES string of the molecule is COCCc1cccc(CCN2CCNCC2)c1. The minimum atomic E-state index is 0.807. The van der Waals surface area contributed by atoms with E-state index in [2.05, 4.69) is 34.5 Å². The van der Waals surface area contributed by atoms with Crippen molar-refractivity contribution in [2.45, 2.75) is 12.8 Å². The van der Waals surface area contributed by atoms with Crippen molar-refractivity contribution in [2.75, 3.05) is 46.4 Å². The van der Waals surface area contributed by atoms with E-state index in [1.54, 1.807) is 7.11 Å². The summed E-state index contributed by atoms with van der Waals surface area (Å²) in [6, 6.07) is 8.91. The minimum absolute atomic E-state index is 0.807. The molecule has 100 valence electrons. The molecule has 0 atom stereocenters. The van der Waals surface area contributed by atoms with Crippen LogP contribution >= 0.6 is 0 Å². The molecule has 0 saturated carbocycles. The average Bonchev–Trinajstić information content (AvgIpc) is 2.44. The first-order valence-electron chi connectivity index (χ1n) is 6.88. The van der Waals surface area contributed by atoms with Gasteiger partial charge in [-0.25, -0.2) is 0 Å². The van der Waals surface area contributed by atoms with Crippen molar-refractivity contribution in [2.24, 2.45) is 0 Å². The van der Waals surface area contributed by atoms with Gasteiger partial charge in [-0.1, -0.05) is 24.3 Å². The highest BCUT2D eigenvalue weighted by Gasteiger charge is 2.08. The molecule has 0 bridgehead atoms. The Labute approximate surface area is 110 Å². The van der Waals surface area contributed by atoms with E-state index in [-0.39, 0.29) is 0 Å². The summed E-state index contributed by atoms with van der Waals surface area (Å²) in [5.41, 5.74) is 2.83. The van der Waals surface area contributed by atoms with E-state index in [1.165, 1.54) is 30.8 Å². The predicted octanol–water partition coefficient (Wildman–Crippen LogP) is 1.32. The van der Waals surface area contributed by atoms with Gasteiger partial charge in [0, 0.05) is 39.8 Å². The molecule has 1 N–H and O–H groups in total. The molecular weight excluding hydrogens is 224 g/mol. The maximum absolute atomic E-state index is 5.13. The van der Waals surface area contributed by atoms with Crippen LogP contribution in [0.2, 0.25) is 0 Å². The Hall–Kier alpha value is -0.900. The molecule has 3 nitrogen and oxygen atoms in total. The van der Waals surface area contributed by atoms with E-state index in [1.807, 2.05) is 0 Å². The molecule has 1 saturated heterocycles. The second-order valence-corrected chi connectivity index (χ2v) is 4.90. The fourth-order valence-electron chi connectivity index (χ4n) is 2.38. The second-order valence-electron chi connectivity index (χ2n) is 4.90. The van der Waals surface area contributed by atoms with Gasteiger partial charge in [-0.2, -0.15) is 0 Å². The molecular formula is C15H24N2O. The van der Waals surface area contributed by atoms with Gasteiger partial charge in [0.15, 0.2) is 0 Å². The van der Waals surface area contributed by atoms with Crippen molar-refractivity contribution in [3.8, 4) is 0 Å². The van der Waals surface area contributed by atoms with Gasteiger partial charge in [-0.15, -0.1) is 0 Å². The molecule has 1 aliphatic rings. The Morgan fingerprint density at radius 1 is 1.17 bits per heavy atom. The van der Waals surface area contributed by atoms with Gasteiger partial charge >= 0.3 is 0 Å². The minimum Gasteiger partial charge on any atom is -0.384 e. The number of piperazine rings is 1. The molecule has 0 aliphatic carbocycles. The summed E-state index contributed by atoms with van der Waals surface area (Å²) in [7, 11) is 1.76. The molecule has 0 spiro atoms. The smallest absolute Gasteiger partial charge is 0.0502 e. The Balaban J connectivity index is 1.80. The van der Waals surface area contributed by atoms with Crippen molar-refractivity contribution in [1.82, 2.24) is 10.2 Å². The van der Waals surface area contributed by atoms with Crippen LogP contribution in [0.4, 0.5) is 0 Å². The van der Waals surface area contributed by atoms with Crippen molar-refractivity contribution >= 4 is 0 Å². The van der Waals surface area contributed by atoms with Gasteiger partial charge in [0.1, 0.15) is 0 Å². The van der Waals surface area contributed by atoms with Crippen LogP contribution in [0.1, 0.15) is 11.1 Å². The monoisotopic (exact) mass is 248 g/mol. The standard InChI is InChI=1S/C15H24N2O/c1-18-12-6-15-4-2-3-14(13-15)5-9-17-10-7-16-8-11-17/h2-4,13,16H,5-12H2,1H3. The first-order valence-corrected chi connectivity index (χ1v) is 6.88. The zero-order chi connectivity index (χ0) is 12.6. The number of methoxy groups -OCH3 is 1. The lowest BCUT2D eigenvalue weighted by molar-refractivity contribution is 0.202. The maximum atomic E-state index is 5.13. The van der Waals surface area contributed by atoms with Crippen LogP contribution in [0.15, 0.2) is 24.3 Å². The van der Waals surface area contributed by atoms with Crippen molar-refractivity contribution in [3.63, 3.8) is 0 Å². The maximum Gasteiger partial charge on any atom is 0.0502 e. The lowest BCUT2D eigenvalue weighted by Crippen LogP contribution is -2.44. The molecule has 0 unspecified atom stereocenters. The van der Waals surface area contributed by atoms with Crippen molar-refractivity contribution in [1.29, 1.82) is 0 Å². The van der Waals surface area contributed by atoms with Crippen LogP contribution < -0.4 is 5.32 Å². The van der Waals surface area contributed by atoms with Gasteiger partial charge in [-0.3, -0.25) is 0 Å². The van der Waals surface area contributed by atoms with E-state index in [4.69, 9.17) is 4.74 Å². The summed E-state index contributed by atoms with van der Waals surface area (Å²) >= 11 is 0. The van der Waals surface area contributed by atoms with Gasteiger partial charge < -0.3 is 15.0 Å². The zero-order valence-corrected chi connectivity index (χ0v) is 11.3. The van der Waals surface area contributed by atoms with Gasteiger partial charge in [-0.05, 0) is 24.0 Å². The van der Waals surface area contributed by atoms with E-state index in [0.29, 0.717) is 0 Å². The third-order valence-corrected chi connectivity index (χ3v) is 3.51. The molecule has 1 aromatic rings. The second kappa shape index (κ2) is 7.52. The van der Waals surface area contributed by atoms with E-state index < -0.39 is 0 Å². The Kier molecular flexibility index (Phi) is 5.65. The molecule has 0 aromatic heterocycles. The van der Waals surface area contributed by atoms with Crippen LogP contribution in [-0.4, -0.2) is 51.3 Å². The molecule has 1 aliphatic heterocycles. The summed E-state index contributed by atoms with van der Waals surface area (Å²) in [5.74, 6) is 0. The highest BCUT2D eigenvalue weighted by molar-refractivity contribution is 5.24. The third kappa shape index (κ3) is 4.41. The molecule has 3 heteroatoms. The highest BCUT2D eigenvalue weighted by atomic mass is 16.5. The molecule has 2 rings (SSSR count). The summed E-state index contributed by atoms with van der Waals surface area (Å²) in [6.07, 6.45) is 2.17. The van der Waals surface area contributed by atoms with Crippen LogP contribution in [0.25, 0.3) is 0 Å². The number of rotatable bonds is 6. The quantitative estimate of drug-likeness (QED) is 0.822. The van der Waals surface area contributed by atoms with Gasteiger partial charge in [0.2, 0.25) is 0 Å². The topological polar surface area (TPSA) is 24.5 Å². The average molecular weight is 248 g/mol. The fraction of sp³-hybridized carbons (Fsp3) is 0.600. The van der Waals surface area contributed by atoms with Gasteiger partial charge in [0.05, 0.1) is 6.61 Å². The number of ether oxygens (including phenoxy) is 1. The largest absolute Gasteiger partial charge is 0.384 e. The van der Waals surface area contributed by atoms with Crippen molar-refractivity contribution in [3.05, 3.63) is 35.4 Å². The van der Waals surface area contributed by atoms with Crippen molar-refractivity contribution < 1.29 is 4.74 Å². The molecule has 1 aromatic carbocycles. The number of hydrogen-bond donors (Lipinski definition) is 1. The number of benzene rings is 1. The number of hydrogen-bond acceptors (Lipinski definition) is 3. The molecule has 18 heavy (non-hydrogen) atoms. The third-order valence-electron chi connectivity index (χ3n) is 3.51. The molecule has 1 fully saturated rings. The fourth-order valence-corrected chi connectivity index (χ4v) is 2.38. The van der Waals surface area contributed by atoms with E-state index in [9.17, 15) is 0 Å². The van der Waals surface area contributed by atoms with Gasteiger partial charge in [0.25, 0.3) is 0 Å². The highest BCUT2D eigenvalue weighted by Crippen LogP contribution is 2.08. The summed E-state index contributed by atoms with van der Waals surface area (Å²) in [4.78, 5) is 2.54. The summed E-state index contributed by atoms with van der Waals surface area (Å²) in [5, 5.41) is 3.39. The predicted molar refractivity (Wildman–Crippen MR) is 75.0 cm³/mol. The lowest BCUT2D eigenvalue weighted by atomic mass is 10.1.